The summed E-state index contributed by atoms with van der Waals surface area (Å²) in [7, 11) is 0. The van der Waals surface area contributed by atoms with Crippen molar-refractivity contribution in [1.29, 1.82) is 0 Å². The fourth-order valence-electron chi connectivity index (χ4n) is 2.50. The Morgan fingerprint density at radius 1 is 1.43 bits per heavy atom. The Balaban J connectivity index is 2.01. The number of rotatable bonds is 3. The minimum Gasteiger partial charge on any atom is -0.369 e. The molecule has 1 saturated heterocycles. The van der Waals surface area contributed by atoms with Gasteiger partial charge in [0.1, 0.15) is 0 Å². The van der Waals surface area contributed by atoms with Gasteiger partial charge in [-0.25, -0.2) is 4.79 Å². The summed E-state index contributed by atoms with van der Waals surface area (Å²) in [6.07, 6.45) is 1.54. The lowest BCUT2D eigenvalue weighted by molar-refractivity contribution is -0.123. The zero-order valence-corrected chi connectivity index (χ0v) is 12.2. The van der Waals surface area contributed by atoms with Crippen molar-refractivity contribution in [1.82, 2.24) is 4.90 Å². The lowest BCUT2D eigenvalue weighted by atomic mass is 9.98. The van der Waals surface area contributed by atoms with E-state index in [9.17, 15) is 9.59 Å². The van der Waals surface area contributed by atoms with Crippen molar-refractivity contribution in [2.75, 3.05) is 18.4 Å². The van der Waals surface area contributed by atoms with Gasteiger partial charge in [-0.3, -0.25) is 4.79 Å². The highest BCUT2D eigenvalue weighted by Crippen LogP contribution is 2.19. The molecule has 0 aromatic heterocycles. The van der Waals surface area contributed by atoms with Gasteiger partial charge < -0.3 is 21.7 Å². The van der Waals surface area contributed by atoms with Gasteiger partial charge in [0.25, 0.3) is 0 Å². The van der Waals surface area contributed by atoms with E-state index in [-0.39, 0.29) is 23.9 Å². The molecule has 1 aromatic carbocycles. The summed E-state index contributed by atoms with van der Waals surface area (Å²) in [6.45, 7) is 2.92. The number of anilines is 1. The number of piperidine rings is 1. The van der Waals surface area contributed by atoms with Crippen LogP contribution in [-0.4, -0.2) is 29.9 Å². The van der Waals surface area contributed by atoms with Crippen LogP contribution in [-0.2, 0) is 4.79 Å². The minimum atomic E-state index is -0.341. The summed E-state index contributed by atoms with van der Waals surface area (Å²) in [5.41, 5.74) is 12.8. The van der Waals surface area contributed by atoms with Crippen LogP contribution in [0.2, 0.25) is 0 Å². The maximum Gasteiger partial charge on any atom is 0.321 e. The van der Waals surface area contributed by atoms with E-state index in [0.29, 0.717) is 18.8 Å². The lowest BCUT2D eigenvalue weighted by Crippen LogP contribution is -2.45. The molecule has 6 nitrogen and oxygen atoms in total. The molecule has 0 saturated carbocycles. The van der Waals surface area contributed by atoms with Crippen LogP contribution < -0.4 is 16.8 Å². The number of nitrogens with one attached hydrogen (secondary N) is 1. The maximum absolute atomic E-state index is 12.2. The topological polar surface area (TPSA) is 101 Å². The second-order valence-electron chi connectivity index (χ2n) is 5.53. The van der Waals surface area contributed by atoms with E-state index in [0.717, 1.165) is 18.4 Å². The Labute approximate surface area is 124 Å². The van der Waals surface area contributed by atoms with Gasteiger partial charge in [0.2, 0.25) is 5.91 Å². The summed E-state index contributed by atoms with van der Waals surface area (Å²) in [6, 6.07) is 7.16. The van der Waals surface area contributed by atoms with Gasteiger partial charge in [0.15, 0.2) is 0 Å². The molecule has 21 heavy (non-hydrogen) atoms. The second kappa shape index (κ2) is 6.58. The first-order valence-electron chi connectivity index (χ1n) is 7.18. The fourth-order valence-corrected chi connectivity index (χ4v) is 2.50. The monoisotopic (exact) mass is 290 g/mol. The molecule has 114 valence electrons. The quantitative estimate of drug-likeness (QED) is 0.785. The number of amides is 3. The second-order valence-corrected chi connectivity index (χ2v) is 5.53. The average molecular weight is 290 g/mol. The molecule has 5 N–H and O–H groups in total. The van der Waals surface area contributed by atoms with Crippen molar-refractivity contribution in [2.45, 2.75) is 25.8 Å². The third-order valence-electron chi connectivity index (χ3n) is 3.77. The Hall–Kier alpha value is -2.08. The number of nitrogens with zero attached hydrogens (tertiary/aromatic N) is 1. The normalized spacial score (nSPS) is 19.9. The van der Waals surface area contributed by atoms with Gasteiger partial charge in [-0.05, 0) is 37.5 Å². The Kier molecular flexibility index (Phi) is 4.80. The Morgan fingerprint density at radius 3 is 2.86 bits per heavy atom. The molecule has 0 radical (unpaired) electrons. The van der Waals surface area contributed by atoms with Crippen LogP contribution in [0.1, 0.15) is 31.4 Å². The maximum atomic E-state index is 12.2. The van der Waals surface area contributed by atoms with E-state index in [1.54, 1.807) is 4.90 Å². The zero-order chi connectivity index (χ0) is 15.4. The number of likely N-dealkylation sites (tertiary alicyclic amines) is 1. The van der Waals surface area contributed by atoms with Crippen molar-refractivity contribution in [3.63, 3.8) is 0 Å². The predicted octanol–water partition coefficient (Wildman–Crippen LogP) is 1.44. The van der Waals surface area contributed by atoms with Gasteiger partial charge >= 0.3 is 6.03 Å². The smallest absolute Gasteiger partial charge is 0.321 e. The molecular formula is C15H22N4O2. The minimum absolute atomic E-state index is 0.0870. The lowest BCUT2D eigenvalue weighted by Gasteiger charge is -2.31. The van der Waals surface area contributed by atoms with Gasteiger partial charge in [-0.1, -0.05) is 12.1 Å². The van der Waals surface area contributed by atoms with E-state index in [4.69, 9.17) is 11.5 Å². The van der Waals surface area contributed by atoms with Crippen molar-refractivity contribution >= 4 is 17.6 Å². The van der Waals surface area contributed by atoms with Crippen molar-refractivity contribution < 1.29 is 9.59 Å². The molecule has 0 bridgehead atoms. The molecule has 1 aromatic rings. The van der Waals surface area contributed by atoms with Crippen LogP contribution in [0.3, 0.4) is 0 Å². The third kappa shape index (κ3) is 3.95. The number of carbonyl (C=O) groups excluding carboxylic acids is 2. The van der Waals surface area contributed by atoms with Crippen LogP contribution in [0.5, 0.6) is 0 Å². The van der Waals surface area contributed by atoms with Crippen LogP contribution in [0.25, 0.3) is 0 Å². The number of benzene rings is 1. The molecule has 6 heteroatoms. The van der Waals surface area contributed by atoms with Crippen molar-refractivity contribution in [3.05, 3.63) is 29.8 Å². The van der Waals surface area contributed by atoms with E-state index < -0.39 is 0 Å². The van der Waals surface area contributed by atoms with E-state index >= 15 is 0 Å². The van der Waals surface area contributed by atoms with Gasteiger partial charge in [-0.15, -0.1) is 0 Å². The van der Waals surface area contributed by atoms with Crippen LogP contribution in [0, 0.1) is 5.92 Å². The van der Waals surface area contributed by atoms with E-state index in [1.165, 1.54) is 0 Å². The first kappa shape index (κ1) is 15.3. The van der Waals surface area contributed by atoms with E-state index in [2.05, 4.69) is 5.32 Å². The molecule has 1 heterocycles. The molecule has 0 spiro atoms. The van der Waals surface area contributed by atoms with E-state index in [1.807, 2.05) is 31.2 Å². The predicted molar refractivity (Wildman–Crippen MR) is 81.6 cm³/mol. The summed E-state index contributed by atoms with van der Waals surface area (Å²) in [5.74, 6) is -0.591. The standard InChI is InChI=1S/C15H22N4O2/c1-10(16)11-4-2-6-13(8-11)18-15(21)19-7-3-5-12(9-19)14(17)20/h2,4,6,8,10,12H,3,5,7,9,16H2,1H3,(H2,17,20)(H,18,21). The van der Waals surface area contributed by atoms with Gasteiger partial charge in [0.05, 0.1) is 5.92 Å². The molecule has 0 aliphatic carbocycles. The highest BCUT2D eigenvalue weighted by atomic mass is 16.2. The zero-order valence-electron chi connectivity index (χ0n) is 12.2. The van der Waals surface area contributed by atoms with Crippen molar-refractivity contribution in [2.24, 2.45) is 17.4 Å². The first-order chi connectivity index (χ1) is 9.97. The van der Waals surface area contributed by atoms with Crippen molar-refractivity contribution in [3.8, 4) is 0 Å². The summed E-state index contributed by atoms with van der Waals surface area (Å²) in [4.78, 5) is 25.1. The molecule has 2 atom stereocenters. The largest absolute Gasteiger partial charge is 0.369 e. The SMILES string of the molecule is CC(N)c1cccc(NC(=O)N2CCCC(C(N)=O)C2)c1. The molecule has 3 amide bonds. The number of hydrogen-bond acceptors (Lipinski definition) is 3. The molecular weight excluding hydrogens is 268 g/mol. The highest BCUT2D eigenvalue weighted by molar-refractivity contribution is 5.90. The Morgan fingerprint density at radius 2 is 2.19 bits per heavy atom. The summed E-state index contributed by atoms with van der Waals surface area (Å²) < 4.78 is 0. The number of hydrogen-bond donors (Lipinski definition) is 3. The molecule has 1 fully saturated rings. The van der Waals surface area contributed by atoms with Crippen LogP contribution >= 0.6 is 0 Å². The number of carbonyl (C=O) groups is 2. The highest BCUT2D eigenvalue weighted by Gasteiger charge is 2.26. The van der Waals surface area contributed by atoms with Crippen LogP contribution in [0.4, 0.5) is 10.5 Å². The number of urea groups is 1. The summed E-state index contributed by atoms with van der Waals surface area (Å²) in [5, 5.41) is 2.85. The van der Waals surface area contributed by atoms with Crippen LogP contribution in [0.15, 0.2) is 24.3 Å². The van der Waals surface area contributed by atoms with Gasteiger partial charge in [0, 0.05) is 24.8 Å². The number of nitrogens with two attached hydrogens (primary N) is 2. The first-order valence-corrected chi connectivity index (χ1v) is 7.18. The van der Waals surface area contributed by atoms with Gasteiger partial charge in [-0.2, -0.15) is 0 Å². The third-order valence-corrected chi connectivity index (χ3v) is 3.77. The average Bonchev–Trinajstić information content (AvgIpc) is 2.47. The fraction of sp³-hybridized carbons (Fsp3) is 0.467. The Bertz CT molecular complexity index is 530. The molecule has 2 rings (SSSR count). The molecule has 1 aliphatic rings. The molecule has 2 unspecified atom stereocenters. The summed E-state index contributed by atoms with van der Waals surface area (Å²) >= 11 is 0. The number of primary amides is 1. The molecule has 1 aliphatic heterocycles.